The fourth-order valence-corrected chi connectivity index (χ4v) is 4.57. The first-order valence-corrected chi connectivity index (χ1v) is 12.1. The third-order valence-electron chi connectivity index (χ3n) is 6.32. The molecule has 1 amide bonds. The molecule has 2 aromatic carbocycles. The van der Waals surface area contributed by atoms with Crippen LogP contribution in [0.4, 0.5) is 0 Å². The minimum atomic E-state index is -0.710. The summed E-state index contributed by atoms with van der Waals surface area (Å²) in [5.41, 5.74) is 2.20. The number of hydrogen-bond donors (Lipinski definition) is 1. The van der Waals surface area contributed by atoms with Crippen molar-refractivity contribution in [3.63, 3.8) is 0 Å². The molecular weight excluding hydrogens is 430 g/mol. The number of aromatic nitrogens is 2. The number of rotatable bonds is 9. The topological polar surface area (TPSA) is 90.3 Å². The van der Waals surface area contributed by atoms with E-state index in [9.17, 15) is 14.4 Å². The molecular formula is C27H31N3O4. The van der Waals surface area contributed by atoms with E-state index in [1.807, 2.05) is 18.2 Å². The molecule has 1 aliphatic carbocycles. The molecule has 34 heavy (non-hydrogen) atoms. The number of nitrogens with one attached hydrogen (secondary N) is 1. The summed E-state index contributed by atoms with van der Waals surface area (Å²) in [6.07, 6.45) is 6.82. The molecule has 1 heterocycles. The van der Waals surface area contributed by atoms with Gasteiger partial charge in [0, 0.05) is 11.9 Å². The van der Waals surface area contributed by atoms with Gasteiger partial charge in [-0.1, -0.05) is 68.7 Å². The zero-order valence-corrected chi connectivity index (χ0v) is 19.6. The molecule has 0 unspecified atom stereocenters. The van der Waals surface area contributed by atoms with Crippen molar-refractivity contribution in [1.29, 1.82) is 0 Å². The van der Waals surface area contributed by atoms with Gasteiger partial charge in [0.15, 0.2) is 12.3 Å². The van der Waals surface area contributed by atoms with Crippen molar-refractivity contribution in [3.8, 4) is 0 Å². The Morgan fingerprint density at radius 2 is 1.82 bits per heavy atom. The van der Waals surface area contributed by atoms with Gasteiger partial charge in [-0.15, -0.1) is 0 Å². The van der Waals surface area contributed by atoms with Crippen molar-refractivity contribution >= 4 is 22.6 Å². The molecule has 0 saturated carbocycles. The predicted molar refractivity (Wildman–Crippen MR) is 131 cm³/mol. The van der Waals surface area contributed by atoms with Gasteiger partial charge in [-0.05, 0) is 42.9 Å². The zero-order chi connectivity index (χ0) is 23.9. The van der Waals surface area contributed by atoms with Gasteiger partial charge in [0.1, 0.15) is 0 Å². The standard InChI is InChI=1S/C27H31N3O4/c1-2-3-4-9-17-30-26(32)22-15-8-7-14-21(22)25(29-30)27(33)34-18-24(31)28-23-16-10-12-19-11-5-6-13-20(19)23/h5-8,11,13-15,23H,2-4,9-10,12,16-18H2,1H3,(H,28,31)/t23-/m1/s1. The summed E-state index contributed by atoms with van der Waals surface area (Å²) in [5.74, 6) is -1.06. The normalized spacial score (nSPS) is 15.0. The summed E-state index contributed by atoms with van der Waals surface area (Å²) in [5, 5.41) is 8.16. The van der Waals surface area contributed by atoms with Crippen LogP contribution < -0.4 is 10.9 Å². The largest absolute Gasteiger partial charge is 0.451 e. The minimum Gasteiger partial charge on any atom is -0.451 e. The smallest absolute Gasteiger partial charge is 0.359 e. The number of carbonyl (C=O) groups excluding carboxylic acids is 2. The van der Waals surface area contributed by atoms with Crippen LogP contribution in [0.3, 0.4) is 0 Å². The Morgan fingerprint density at radius 3 is 2.65 bits per heavy atom. The first-order valence-electron chi connectivity index (χ1n) is 12.1. The summed E-state index contributed by atoms with van der Waals surface area (Å²) in [7, 11) is 0. The van der Waals surface area contributed by atoms with Crippen LogP contribution in [-0.4, -0.2) is 28.3 Å². The van der Waals surface area contributed by atoms with Crippen molar-refractivity contribution in [2.45, 2.75) is 64.5 Å². The molecule has 3 aromatic rings. The second kappa shape index (κ2) is 11.1. The number of fused-ring (bicyclic) bond motifs is 2. The number of amides is 1. The van der Waals surface area contributed by atoms with E-state index in [0.717, 1.165) is 50.5 Å². The van der Waals surface area contributed by atoms with Crippen LogP contribution >= 0.6 is 0 Å². The Hall–Kier alpha value is -3.48. The molecule has 0 fully saturated rings. The Balaban J connectivity index is 1.46. The lowest BCUT2D eigenvalue weighted by molar-refractivity contribution is -0.125. The van der Waals surface area contributed by atoms with Crippen LogP contribution in [0.15, 0.2) is 53.3 Å². The summed E-state index contributed by atoms with van der Waals surface area (Å²) in [6.45, 7) is 2.16. The van der Waals surface area contributed by atoms with Crippen molar-refractivity contribution in [2.24, 2.45) is 0 Å². The van der Waals surface area contributed by atoms with Gasteiger partial charge in [0.05, 0.1) is 11.4 Å². The van der Waals surface area contributed by atoms with Gasteiger partial charge in [-0.25, -0.2) is 9.48 Å². The predicted octanol–water partition coefficient (Wildman–Crippen LogP) is 4.33. The number of esters is 1. The van der Waals surface area contributed by atoms with Gasteiger partial charge in [0.25, 0.3) is 11.5 Å². The number of carbonyl (C=O) groups is 2. The number of ether oxygens (including phenoxy) is 1. The van der Waals surface area contributed by atoms with Gasteiger partial charge < -0.3 is 10.1 Å². The lowest BCUT2D eigenvalue weighted by Crippen LogP contribution is -2.34. The number of hydrogen-bond acceptors (Lipinski definition) is 5. The van der Waals surface area contributed by atoms with E-state index < -0.39 is 12.6 Å². The van der Waals surface area contributed by atoms with E-state index in [1.165, 1.54) is 10.2 Å². The fraction of sp³-hybridized carbons (Fsp3) is 0.407. The molecule has 178 valence electrons. The van der Waals surface area contributed by atoms with E-state index in [-0.39, 0.29) is 23.2 Å². The molecule has 4 rings (SSSR count). The van der Waals surface area contributed by atoms with E-state index in [1.54, 1.807) is 24.3 Å². The maximum absolute atomic E-state index is 12.9. The third kappa shape index (κ3) is 5.35. The van der Waals surface area contributed by atoms with Crippen LogP contribution in [0, 0.1) is 0 Å². The maximum Gasteiger partial charge on any atom is 0.359 e. The highest BCUT2D eigenvalue weighted by molar-refractivity contribution is 6.02. The summed E-state index contributed by atoms with van der Waals surface area (Å²) < 4.78 is 6.68. The molecule has 0 bridgehead atoms. The minimum absolute atomic E-state index is 0.0569. The zero-order valence-electron chi connectivity index (χ0n) is 19.6. The molecule has 7 nitrogen and oxygen atoms in total. The Bertz CT molecular complexity index is 1230. The van der Waals surface area contributed by atoms with Crippen LogP contribution in [0.1, 0.15) is 73.1 Å². The van der Waals surface area contributed by atoms with E-state index in [4.69, 9.17) is 4.74 Å². The molecule has 1 aromatic heterocycles. The SMILES string of the molecule is CCCCCCn1nc(C(=O)OCC(=O)N[C@@H]2CCCc3ccccc32)c2ccccc2c1=O. The molecule has 1 N–H and O–H groups in total. The number of nitrogens with zero attached hydrogens (tertiary/aromatic N) is 2. The molecule has 7 heteroatoms. The van der Waals surface area contributed by atoms with Crippen LogP contribution in [-0.2, 0) is 22.5 Å². The highest BCUT2D eigenvalue weighted by Gasteiger charge is 2.23. The number of unbranched alkanes of at least 4 members (excludes halogenated alkanes) is 3. The second-order valence-electron chi connectivity index (χ2n) is 8.77. The second-order valence-corrected chi connectivity index (χ2v) is 8.77. The lowest BCUT2D eigenvalue weighted by atomic mass is 9.88. The van der Waals surface area contributed by atoms with Crippen molar-refractivity contribution < 1.29 is 14.3 Å². The molecule has 1 atom stereocenters. The molecule has 0 spiro atoms. The molecule has 0 radical (unpaired) electrons. The average Bonchev–Trinajstić information content (AvgIpc) is 2.86. The van der Waals surface area contributed by atoms with Gasteiger partial charge in [-0.2, -0.15) is 5.10 Å². The van der Waals surface area contributed by atoms with E-state index in [2.05, 4.69) is 23.4 Å². The first kappa shape index (κ1) is 23.7. The van der Waals surface area contributed by atoms with Gasteiger partial charge >= 0.3 is 5.97 Å². The van der Waals surface area contributed by atoms with Crippen LogP contribution in [0.25, 0.3) is 10.8 Å². The Labute approximate surface area is 199 Å². The van der Waals surface area contributed by atoms with Crippen LogP contribution in [0.2, 0.25) is 0 Å². The summed E-state index contributed by atoms with van der Waals surface area (Å²) in [6, 6.07) is 14.9. The average molecular weight is 462 g/mol. The van der Waals surface area contributed by atoms with Gasteiger partial charge in [-0.3, -0.25) is 9.59 Å². The summed E-state index contributed by atoms with van der Waals surface area (Å²) >= 11 is 0. The van der Waals surface area contributed by atoms with E-state index >= 15 is 0 Å². The molecule has 0 aliphatic heterocycles. The molecule has 0 saturated heterocycles. The van der Waals surface area contributed by atoms with Crippen molar-refractivity contribution in [2.75, 3.05) is 6.61 Å². The molecule has 1 aliphatic rings. The highest BCUT2D eigenvalue weighted by Crippen LogP contribution is 2.29. The maximum atomic E-state index is 12.9. The van der Waals surface area contributed by atoms with E-state index in [0.29, 0.717) is 17.3 Å². The van der Waals surface area contributed by atoms with Crippen molar-refractivity contribution in [3.05, 3.63) is 75.7 Å². The third-order valence-corrected chi connectivity index (χ3v) is 6.32. The quantitative estimate of drug-likeness (QED) is 0.378. The Kier molecular flexibility index (Phi) is 7.72. The highest BCUT2D eigenvalue weighted by atomic mass is 16.5. The van der Waals surface area contributed by atoms with Crippen molar-refractivity contribution in [1.82, 2.24) is 15.1 Å². The Morgan fingerprint density at radius 1 is 1.06 bits per heavy atom. The number of benzene rings is 2. The first-order chi connectivity index (χ1) is 16.6. The van der Waals surface area contributed by atoms with Gasteiger partial charge in [0.2, 0.25) is 0 Å². The van der Waals surface area contributed by atoms with Crippen LogP contribution in [0.5, 0.6) is 0 Å². The monoisotopic (exact) mass is 461 g/mol. The lowest BCUT2D eigenvalue weighted by Gasteiger charge is -2.26. The summed E-state index contributed by atoms with van der Waals surface area (Å²) in [4.78, 5) is 38.3. The number of aryl methyl sites for hydroxylation is 2. The fourth-order valence-electron chi connectivity index (χ4n) is 4.57.